The third-order valence-electron chi connectivity index (χ3n) is 4.43. The van der Waals surface area contributed by atoms with Crippen molar-refractivity contribution in [2.45, 2.75) is 27.7 Å². The van der Waals surface area contributed by atoms with Gasteiger partial charge in [0, 0.05) is 5.39 Å². The number of nitrogens with two attached hydrogens (primary N) is 1. The number of fused-ring (bicyclic) bond motifs is 1. The van der Waals surface area contributed by atoms with Crippen LogP contribution in [0.15, 0.2) is 36.4 Å². The number of aryl methyl sites for hydroxylation is 3. The van der Waals surface area contributed by atoms with E-state index in [0.717, 1.165) is 28.0 Å². The summed E-state index contributed by atoms with van der Waals surface area (Å²) >= 11 is 5.33. The average molecular weight is 410 g/mol. The summed E-state index contributed by atoms with van der Waals surface area (Å²) in [6, 6.07) is 11.7. The number of anilines is 2. The zero-order valence-corrected chi connectivity index (χ0v) is 17.8. The third kappa shape index (κ3) is 5.17. The van der Waals surface area contributed by atoms with E-state index in [2.05, 4.69) is 39.4 Å². The van der Waals surface area contributed by atoms with Crippen molar-refractivity contribution in [2.75, 3.05) is 17.2 Å². The van der Waals surface area contributed by atoms with Gasteiger partial charge in [-0.15, -0.1) is 0 Å². The summed E-state index contributed by atoms with van der Waals surface area (Å²) < 4.78 is 5.54. The largest absolute Gasteiger partial charge is 0.494 e. The second-order valence-corrected chi connectivity index (χ2v) is 7.07. The van der Waals surface area contributed by atoms with Gasteiger partial charge in [-0.2, -0.15) is 0 Å². The third-order valence-corrected chi connectivity index (χ3v) is 4.63. The van der Waals surface area contributed by atoms with E-state index in [4.69, 9.17) is 22.7 Å². The van der Waals surface area contributed by atoms with Gasteiger partial charge in [0.15, 0.2) is 0 Å². The van der Waals surface area contributed by atoms with E-state index >= 15 is 0 Å². The molecule has 5 N–H and O–H groups in total. The van der Waals surface area contributed by atoms with Crippen LogP contribution in [-0.4, -0.2) is 27.6 Å². The highest BCUT2D eigenvalue weighted by atomic mass is 32.1. The highest BCUT2D eigenvalue weighted by Crippen LogP contribution is 2.22. The van der Waals surface area contributed by atoms with Crippen molar-refractivity contribution in [3.8, 4) is 5.75 Å². The normalized spacial score (nSPS) is 11.4. The highest BCUT2D eigenvalue weighted by Gasteiger charge is 2.10. The molecular formula is C21H25N6OS+. The van der Waals surface area contributed by atoms with Crippen molar-refractivity contribution in [3.05, 3.63) is 53.2 Å². The summed E-state index contributed by atoms with van der Waals surface area (Å²) in [5, 5.41) is 7.37. The van der Waals surface area contributed by atoms with Gasteiger partial charge in [-0.1, -0.05) is 6.07 Å². The van der Waals surface area contributed by atoms with Crippen LogP contribution >= 0.6 is 12.2 Å². The second kappa shape index (κ2) is 8.83. The number of hydrogen-bond acceptors (Lipinski definition) is 4. The van der Waals surface area contributed by atoms with Gasteiger partial charge in [-0.3, -0.25) is 5.32 Å². The first-order valence-corrected chi connectivity index (χ1v) is 9.72. The number of nitrogens with zero attached hydrogens (tertiary/aromatic N) is 2. The maximum absolute atomic E-state index is 6.04. The van der Waals surface area contributed by atoms with Crippen LogP contribution in [0.5, 0.6) is 5.75 Å². The van der Waals surface area contributed by atoms with Crippen molar-refractivity contribution in [2.24, 2.45) is 5.73 Å². The quantitative estimate of drug-likeness (QED) is 0.298. The Morgan fingerprint density at radius 1 is 1.07 bits per heavy atom. The molecular weight excluding hydrogens is 384 g/mol. The molecule has 0 saturated carbocycles. The molecule has 29 heavy (non-hydrogen) atoms. The standard InChI is InChI=1S/C21H24N6OS/c1-5-28-16-8-9-18-17(11-16)14(4)23-20(25-18)26-19(22)27-21(29)24-15-7-6-12(2)13(3)10-15/h6-11H,5H2,1-4H3,(H4,22,23,24,25,26,27,29)/p+1. The molecule has 3 aromatic rings. The van der Waals surface area contributed by atoms with Gasteiger partial charge in [-0.25, -0.2) is 20.3 Å². The van der Waals surface area contributed by atoms with Crippen molar-refractivity contribution in [1.29, 1.82) is 0 Å². The van der Waals surface area contributed by atoms with Crippen LogP contribution in [-0.2, 0) is 0 Å². The number of rotatable bonds is 4. The molecule has 8 heteroatoms. The Balaban J connectivity index is 1.74. The molecule has 1 aromatic heterocycles. The summed E-state index contributed by atoms with van der Waals surface area (Å²) in [4.78, 5) is 11.9. The van der Waals surface area contributed by atoms with Gasteiger partial charge in [0.25, 0.3) is 11.1 Å². The Bertz CT molecular complexity index is 1100. The van der Waals surface area contributed by atoms with E-state index in [0.29, 0.717) is 17.7 Å². The van der Waals surface area contributed by atoms with Gasteiger partial charge < -0.3 is 10.5 Å². The monoisotopic (exact) mass is 409 g/mol. The summed E-state index contributed by atoms with van der Waals surface area (Å²) in [5.74, 6) is 1.41. The molecule has 150 valence electrons. The van der Waals surface area contributed by atoms with Crippen molar-refractivity contribution in [3.63, 3.8) is 0 Å². The lowest BCUT2D eigenvalue weighted by molar-refractivity contribution is -0.311. The zero-order valence-electron chi connectivity index (χ0n) is 17.0. The molecule has 0 atom stereocenters. The molecule has 1 heterocycles. The van der Waals surface area contributed by atoms with Gasteiger partial charge in [0.05, 0.1) is 23.5 Å². The molecule has 0 aliphatic rings. The lowest BCUT2D eigenvalue weighted by atomic mass is 10.1. The van der Waals surface area contributed by atoms with Crippen molar-refractivity contribution in [1.82, 2.24) is 9.97 Å². The molecule has 0 amide bonds. The SMILES string of the molecule is CCOc1ccc2nc(NC(N)=[NH+]C(=S)Nc3ccc(C)c(C)c3)nc(C)c2c1. The van der Waals surface area contributed by atoms with E-state index < -0.39 is 0 Å². The topological polar surface area (TPSA) is 99.1 Å². The van der Waals surface area contributed by atoms with Crippen LogP contribution in [0, 0.1) is 20.8 Å². The molecule has 0 saturated heterocycles. The summed E-state index contributed by atoms with van der Waals surface area (Å²) in [6.07, 6.45) is 0. The summed E-state index contributed by atoms with van der Waals surface area (Å²) in [7, 11) is 0. The van der Waals surface area contributed by atoms with Crippen LogP contribution in [0.2, 0.25) is 0 Å². The fraction of sp³-hybridized carbons (Fsp3) is 0.238. The van der Waals surface area contributed by atoms with E-state index in [1.165, 1.54) is 11.1 Å². The van der Waals surface area contributed by atoms with E-state index in [-0.39, 0.29) is 5.96 Å². The number of hydrogen-bond donors (Lipinski definition) is 4. The Morgan fingerprint density at radius 3 is 2.59 bits per heavy atom. The molecule has 0 radical (unpaired) electrons. The lowest BCUT2D eigenvalue weighted by Crippen LogP contribution is -2.82. The molecule has 2 aromatic carbocycles. The maximum atomic E-state index is 6.04. The molecule has 0 unspecified atom stereocenters. The van der Waals surface area contributed by atoms with Gasteiger partial charge in [-0.05, 0) is 81.4 Å². The molecule has 0 bridgehead atoms. The first-order chi connectivity index (χ1) is 13.9. The van der Waals surface area contributed by atoms with E-state index in [1.807, 2.05) is 50.2 Å². The Labute approximate surface area is 175 Å². The van der Waals surface area contributed by atoms with Gasteiger partial charge in [0.2, 0.25) is 0 Å². The Hall–Kier alpha value is -3.26. The fourth-order valence-electron chi connectivity index (χ4n) is 2.83. The highest BCUT2D eigenvalue weighted by molar-refractivity contribution is 7.80. The molecule has 0 aliphatic heterocycles. The lowest BCUT2D eigenvalue weighted by Gasteiger charge is -2.08. The smallest absolute Gasteiger partial charge is 0.312 e. The Morgan fingerprint density at radius 2 is 1.86 bits per heavy atom. The number of aromatic nitrogens is 2. The summed E-state index contributed by atoms with van der Waals surface area (Å²) in [5.41, 5.74) is 11.0. The number of ether oxygens (including phenoxy) is 1. The zero-order chi connectivity index (χ0) is 21.0. The fourth-order valence-corrected chi connectivity index (χ4v) is 3.06. The predicted octanol–water partition coefficient (Wildman–Crippen LogP) is 2.16. The number of benzene rings is 2. The number of thiocarbonyl (C=S) groups is 1. The van der Waals surface area contributed by atoms with E-state index in [1.54, 1.807) is 0 Å². The van der Waals surface area contributed by atoms with Crippen LogP contribution in [0.1, 0.15) is 23.7 Å². The Kier molecular flexibility index (Phi) is 6.23. The van der Waals surface area contributed by atoms with Crippen LogP contribution in [0.4, 0.5) is 11.6 Å². The number of guanidine groups is 1. The number of nitrogens with one attached hydrogen (secondary N) is 3. The molecule has 7 nitrogen and oxygen atoms in total. The summed E-state index contributed by atoms with van der Waals surface area (Å²) in [6.45, 7) is 8.59. The van der Waals surface area contributed by atoms with Crippen LogP contribution in [0.25, 0.3) is 10.9 Å². The minimum absolute atomic E-state index is 0.232. The molecule has 0 aliphatic carbocycles. The van der Waals surface area contributed by atoms with E-state index in [9.17, 15) is 0 Å². The first-order valence-electron chi connectivity index (χ1n) is 9.31. The minimum Gasteiger partial charge on any atom is -0.494 e. The molecule has 0 fully saturated rings. The molecule has 3 rings (SSSR count). The maximum Gasteiger partial charge on any atom is 0.312 e. The van der Waals surface area contributed by atoms with Crippen LogP contribution < -0.4 is 26.1 Å². The average Bonchev–Trinajstić information content (AvgIpc) is 2.65. The first kappa shape index (κ1) is 20.5. The minimum atomic E-state index is 0.232. The van der Waals surface area contributed by atoms with Crippen molar-refractivity contribution >= 4 is 45.8 Å². The van der Waals surface area contributed by atoms with Crippen molar-refractivity contribution < 1.29 is 9.73 Å². The van der Waals surface area contributed by atoms with Crippen LogP contribution in [0.3, 0.4) is 0 Å². The predicted molar refractivity (Wildman–Crippen MR) is 121 cm³/mol. The van der Waals surface area contributed by atoms with Gasteiger partial charge >= 0.3 is 5.96 Å². The second-order valence-electron chi connectivity index (χ2n) is 6.66. The van der Waals surface area contributed by atoms with Gasteiger partial charge in [0.1, 0.15) is 5.75 Å². The molecule has 0 spiro atoms.